The Kier molecular flexibility index (Phi) is 4.42. The lowest BCUT2D eigenvalue weighted by molar-refractivity contribution is -0.0931. The second kappa shape index (κ2) is 5.65. The van der Waals surface area contributed by atoms with E-state index in [4.69, 9.17) is 4.74 Å². The highest BCUT2D eigenvalue weighted by Gasteiger charge is 2.30. The summed E-state index contributed by atoms with van der Waals surface area (Å²) in [6.07, 6.45) is 2.42. The lowest BCUT2D eigenvalue weighted by Crippen LogP contribution is -2.51. The van der Waals surface area contributed by atoms with E-state index in [-0.39, 0.29) is 12.2 Å². The van der Waals surface area contributed by atoms with E-state index in [0.717, 1.165) is 39.0 Å². The predicted molar refractivity (Wildman–Crippen MR) is 68.1 cm³/mol. The van der Waals surface area contributed by atoms with Gasteiger partial charge in [-0.05, 0) is 33.9 Å². The van der Waals surface area contributed by atoms with Gasteiger partial charge in [0.1, 0.15) is 0 Å². The van der Waals surface area contributed by atoms with E-state index in [1.807, 2.05) is 0 Å². The Bertz CT molecular complexity index is 244. The third kappa shape index (κ3) is 3.65. The molecule has 0 aromatic heterocycles. The molecule has 2 saturated heterocycles. The Morgan fingerprint density at radius 2 is 1.94 bits per heavy atom. The molecule has 0 aliphatic carbocycles. The second-order valence-corrected chi connectivity index (χ2v) is 5.90. The molecule has 0 amide bonds. The summed E-state index contributed by atoms with van der Waals surface area (Å²) in [5.41, 5.74) is 0. The van der Waals surface area contributed by atoms with Crippen LogP contribution < -0.4 is 0 Å². The van der Waals surface area contributed by atoms with Gasteiger partial charge in [0.05, 0.1) is 18.3 Å². The van der Waals surface area contributed by atoms with Crippen molar-refractivity contribution in [3.63, 3.8) is 0 Å². The number of aliphatic hydroxyl groups is 1. The van der Waals surface area contributed by atoms with E-state index in [0.29, 0.717) is 12.0 Å². The molecule has 1 N–H and O–H groups in total. The van der Waals surface area contributed by atoms with Gasteiger partial charge in [0.15, 0.2) is 0 Å². The highest BCUT2D eigenvalue weighted by molar-refractivity contribution is 4.82. The Hall–Kier alpha value is -0.160. The monoisotopic (exact) mass is 242 g/mol. The van der Waals surface area contributed by atoms with E-state index in [1.54, 1.807) is 0 Å². The quantitative estimate of drug-likeness (QED) is 0.774. The van der Waals surface area contributed by atoms with E-state index in [9.17, 15) is 5.11 Å². The summed E-state index contributed by atoms with van der Waals surface area (Å²) >= 11 is 0. The molecule has 0 saturated carbocycles. The third-order valence-electron chi connectivity index (χ3n) is 3.99. The number of ether oxygens (including phenoxy) is 1. The average Bonchev–Trinajstić information content (AvgIpc) is 2.21. The minimum absolute atomic E-state index is 0.138. The number of piperidine rings is 1. The van der Waals surface area contributed by atoms with Crippen LogP contribution in [0.2, 0.25) is 0 Å². The number of likely N-dealkylation sites (N-methyl/N-ethyl adjacent to an activating group) is 1. The zero-order chi connectivity index (χ0) is 12.4. The molecule has 2 heterocycles. The smallest absolute Gasteiger partial charge is 0.0832 e. The van der Waals surface area contributed by atoms with E-state index in [1.165, 1.54) is 0 Å². The fourth-order valence-electron chi connectivity index (χ4n) is 2.97. The molecule has 0 aromatic carbocycles. The first-order valence-corrected chi connectivity index (χ1v) is 6.75. The van der Waals surface area contributed by atoms with Crippen LogP contribution in [0.1, 0.15) is 19.8 Å². The SMILES string of the molecule is CC(CC1CN(C)CCC1O)OC1CN(C)C1. The lowest BCUT2D eigenvalue weighted by Gasteiger charge is -2.39. The van der Waals surface area contributed by atoms with Gasteiger partial charge in [-0.3, -0.25) is 0 Å². The van der Waals surface area contributed by atoms with Gasteiger partial charge in [-0.15, -0.1) is 0 Å². The standard InChI is InChI=1S/C13H26N2O2/c1-10(17-12-8-15(3)9-12)6-11-7-14(2)5-4-13(11)16/h10-13,16H,4-9H2,1-3H3. The number of likely N-dealkylation sites (tertiary alicyclic amines) is 2. The number of hydrogen-bond donors (Lipinski definition) is 1. The highest BCUT2D eigenvalue weighted by Crippen LogP contribution is 2.23. The van der Waals surface area contributed by atoms with Crippen molar-refractivity contribution in [1.29, 1.82) is 0 Å². The fourth-order valence-corrected chi connectivity index (χ4v) is 2.97. The van der Waals surface area contributed by atoms with Gasteiger partial charge in [0, 0.05) is 32.1 Å². The maximum atomic E-state index is 9.99. The normalized spacial score (nSPS) is 34.6. The Morgan fingerprint density at radius 1 is 1.24 bits per heavy atom. The topological polar surface area (TPSA) is 35.9 Å². The van der Waals surface area contributed by atoms with Crippen LogP contribution in [0.4, 0.5) is 0 Å². The van der Waals surface area contributed by atoms with Crippen molar-refractivity contribution in [2.24, 2.45) is 5.92 Å². The maximum Gasteiger partial charge on any atom is 0.0832 e. The van der Waals surface area contributed by atoms with Gasteiger partial charge < -0.3 is 19.6 Å². The summed E-state index contributed by atoms with van der Waals surface area (Å²) in [4.78, 5) is 4.57. The van der Waals surface area contributed by atoms with E-state index < -0.39 is 0 Å². The molecule has 17 heavy (non-hydrogen) atoms. The molecule has 2 fully saturated rings. The van der Waals surface area contributed by atoms with Crippen LogP contribution in [-0.4, -0.2) is 73.5 Å². The number of nitrogens with zero attached hydrogens (tertiary/aromatic N) is 2. The summed E-state index contributed by atoms with van der Waals surface area (Å²) < 4.78 is 5.97. The van der Waals surface area contributed by atoms with Gasteiger partial charge in [-0.25, -0.2) is 0 Å². The molecule has 2 rings (SSSR count). The number of aliphatic hydroxyl groups excluding tert-OH is 1. The summed E-state index contributed by atoms with van der Waals surface area (Å²) in [5, 5.41) is 9.99. The Morgan fingerprint density at radius 3 is 2.59 bits per heavy atom. The molecule has 4 nitrogen and oxygen atoms in total. The second-order valence-electron chi connectivity index (χ2n) is 5.90. The summed E-state index contributed by atoms with van der Waals surface area (Å²) in [7, 11) is 4.25. The number of rotatable bonds is 4. The molecule has 3 atom stereocenters. The Balaban J connectivity index is 1.71. The molecular formula is C13H26N2O2. The molecule has 3 unspecified atom stereocenters. The zero-order valence-corrected chi connectivity index (χ0v) is 11.3. The van der Waals surface area contributed by atoms with Crippen molar-refractivity contribution in [3.05, 3.63) is 0 Å². The van der Waals surface area contributed by atoms with Crippen LogP contribution in [0.3, 0.4) is 0 Å². The molecular weight excluding hydrogens is 216 g/mol. The van der Waals surface area contributed by atoms with Crippen LogP contribution in [0.25, 0.3) is 0 Å². The number of hydrogen-bond acceptors (Lipinski definition) is 4. The van der Waals surface area contributed by atoms with Crippen LogP contribution in [0, 0.1) is 5.92 Å². The minimum Gasteiger partial charge on any atom is -0.393 e. The Labute approximate surface area is 105 Å². The van der Waals surface area contributed by atoms with Crippen molar-refractivity contribution in [3.8, 4) is 0 Å². The molecule has 4 heteroatoms. The minimum atomic E-state index is -0.138. The highest BCUT2D eigenvalue weighted by atomic mass is 16.5. The molecule has 0 aromatic rings. The zero-order valence-electron chi connectivity index (χ0n) is 11.3. The first kappa shape index (κ1) is 13.3. The predicted octanol–water partition coefficient (Wildman–Crippen LogP) is 0.408. The van der Waals surface area contributed by atoms with Gasteiger partial charge in [-0.1, -0.05) is 0 Å². The van der Waals surface area contributed by atoms with Crippen LogP contribution in [0.15, 0.2) is 0 Å². The summed E-state index contributed by atoms with van der Waals surface area (Å²) in [6.45, 7) is 6.26. The van der Waals surface area contributed by atoms with Gasteiger partial charge in [-0.2, -0.15) is 0 Å². The van der Waals surface area contributed by atoms with Crippen LogP contribution >= 0.6 is 0 Å². The van der Waals surface area contributed by atoms with Crippen molar-refractivity contribution < 1.29 is 9.84 Å². The molecule has 0 radical (unpaired) electrons. The van der Waals surface area contributed by atoms with E-state index >= 15 is 0 Å². The summed E-state index contributed by atoms with van der Waals surface area (Å²) in [6, 6.07) is 0. The largest absolute Gasteiger partial charge is 0.393 e. The molecule has 2 aliphatic heterocycles. The van der Waals surface area contributed by atoms with Crippen molar-refractivity contribution in [1.82, 2.24) is 9.80 Å². The average molecular weight is 242 g/mol. The first-order chi connectivity index (χ1) is 8.04. The van der Waals surface area contributed by atoms with Crippen molar-refractivity contribution in [2.75, 3.05) is 40.3 Å². The molecule has 0 spiro atoms. The van der Waals surface area contributed by atoms with Crippen molar-refractivity contribution >= 4 is 0 Å². The molecule has 0 bridgehead atoms. The summed E-state index contributed by atoms with van der Waals surface area (Å²) in [5.74, 6) is 0.376. The van der Waals surface area contributed by atoms with Crippen LogP contribution in [0.5, 0.6) is 0 Å². The van der Waals surface area contributed by atoms with Crippen molar-refractivity contribution in [2.45, 2.75) is 38.1 Å². The van der Waals surface area contributed by atoms with Gasteiger partial charge in [0.2, 0.25) is 0 Å². The fraction of sp³-hybridized carbons (Fsp3) is 1.00. The molecule has 100 valence electrons. The first-order valence-electron chi connectivity index (χ1n) is 6.75. The van der Waals surface area contributed by atoms with Gasteiger partial charge >= 0.3 is 0 Å². The third-order valence-corrected chi connectivity index (χ3v) is 3.99. The van der Waals surface area contributed by atoms with Gasteiger partial charge in [0.25, 0.3) is 0 Å². The maximum absolute atomic E-state index is 9.99. The van der Waals surface area contributed by atoms with E-state index in [2.05, 4.69) is 30.8 Å². The van der Waals surface area contributed by atoms with Crippen LogP contribution in [-0.2, 0) is 4.74 Å². The lowest BCUT2D eigenvalue weighted by atomic mass is 9.90. The molecule has 2 aliphatic rings.